The first-order chi connectivity index (χ1) is 17.1. The maximum atomic E-state index is 15.1. The van der Waals surface area contributed by atoms with Gasteiger partial charge in [0.2, 0.25) is 0 Å². The summed E-state index contributed by atoms with van der Waals surface area (Å²) in [6, 6.07) is 3.63. The Bertz CT molecular complexity index is 1080. The second-order valence-corrected chi connectivity index (χ2v) is 13.4. The zero-order chi connectivity index (χ0) is 28.0. The van der Waals surface area contributed by atoms with Gasteiger partial charge < -0.3 is 14.0 Å². The number of alkyl carbamates (subject to hydrolysis) is 1. The van der Waals surface area contributed by atoms with Gasteiger partial charge in [-0.1, -0.05) is 26.0 Å². The lowest BCUT2D eigenvalue weighted by Crippen LogP contribution is -2.55. The van der Waals surface area contributed by atoms with Gasteiger partial charge in [-0.25, -0.2) is 13.6 Å². The van der Waals surface area contributed by atoms with Crippen LogP contribution in [0, 0.1) is 5.82 Å². The van der Waals surface area contributed by atoms with Gasteiger partial charge in [-0.15, -0.1) is 0 Å². The Hall–Kier alpha value is -1.85. The first kappa shape index (κ1) is 29.7. The van der Waals surface area contributed by atoms with Crippen LogP contribution in [0.1, 0.15) is 86.8 Å². The summed E-state index contributed by atoms with van der Waals surface area (Å²) in [5.41, 5.74) is -1.14. The van der Waals surface area contributed by atoms with Gasteiger partial charge in [0, 0.05) is 16.4 Å². The number of hydrogen-bond donors (Lipinski definition) is 1. The Labute approximate surface area is 221 Å². The maximum absolute atomic E-state index is 15.1. The molecule has 0 aliphatic carbocycles. The molecule has 2 fully saturated rings. The molecule has 0 saturated carbocycles. The summed E-state index contributed by atoms with van der Waals surface area (Å²) >= 11 is 0. The summed E-state index contributed by atoms with van der Waals surface area (Å²) < 4.78 is 59.0. The number of fused-ring (bicyclic) bond motifs is 2. The largest absolute Gasteiger partial charge is 0.494 e. The Morgan fingerprint density at radius 2 is 1.81 bits per heavy atom. The van der Waals surface area contributed by atoms with Gasteiger partial charge in [0.05, 0.1) is 22.5 Å². The van der Waals surface area contributed by atoms with E-state index < -0.39 is 69.3 Å². The number of hydrogen-bond acceptors (Lipinski definition) is 6. The number of amides is 1. The summed E-state index contributed by atoms with van der Waals surface area (Å²) in [7, 11) is -2.44. The summed E-state index contributed by atoms with van der Waals surface area (Å²) in [5.74, 6) is -0.598. The van der Waals surface area contributed by atoms with Gasteiger partial charge in [0.15, 0.2) is 0 Å². The highest BCUT2D eigenvalue weighted by atomic mass is 32.2. The fourth-order valence-corrected chi connectivity index (χ4v) is 6.69. The van der Waals surface area contributed by atoms with Crippen molar-refractivity contribution in [2.24, 2.45) is 4.99 Å². The molecule has 3 heterocycles. The molecular weight excluding hydrogens is 501 g/mol. The molecule has 11 heteroatoms. The Balaban J connectivity index is 0.00000186. The molecule has 3 aliphatic heterocycles. The van der Waals surface area contributed by atoms with Crippen LogP contribution in [0.25, 0.3) is 0 Å². The minimum atomic E-state index is -1.72. The monoisotopic (exact) mass is 540 g/mol. The molecule has 2 saturated heterocycles. The van der Waals surface area contributed by atoms with E-state index >= 15 is 4.39 Å². The van der Waals surface area contributed by atoms with E-state index in [4.69, 9.17) is 14.0 Å². The molecule has 206 valence electrons. The third-order valence-corrected chi connectivity index (χ3v) is 9.56. The van der Waals surface area contributed by atoms with Crippen molar-refractivity contribution in [3.8, 4) is 0 Å². The Morgan fingerprint density at radius 3 is 2.35 bits per heavy atom. The summed E-state index contributed by atoms with van der Waals surface area (Å²) in [6.07, 6.45) is -0.217. The number of alkyl halides is 1. The van der Waals surface area contributed by atoms with Gasteiger partial charge >= 0.3 is 13.2 Å². The molecule has 0 radical (unpaired) electrons. The number of aliphatic imine (C=N–C) groups is 1. The fraction of sp³-hybridized carbons (Fsp3) is 0.692. The van der Waals surface area contributed by atoms with Gasteiger partial charge in [0.1, 0.15) is 28.7 Å². The van der Waals surface area contributed by atoms with Crippen LogP contribution in [0.4, 0.5) is 13.6 Å². The molecule has 0 aromatic heterocycles. The minimum absolute atomic E-state index is 0.0632. The molecule has 4 rings (SSSR count). The van der Waals surface area contributed by atoms with Crippen molar-refractivity contribution in [1.29, 1.82) is 0 Å². The van der Waals surface area contributed by atoms with Crippen molar-refractivity contribution in [2.45, 2.75) is 108 Å². The molecule has 37 heavy (non-hydrogen) atoms. The van der Waals surface area contributed by atoms with Gasteiger partial charge in [-0.3, -0.25) is 14.5 Å². The number of benzene rings is 1. The Kier molecular flexibility index (Phi) is 8.33. The van der Waals surface area contributed by atoms with Crippen molar-refractivity contribution in [2.75, 3.05) is 6.67 Å². The molecule has 3 aliphatic rings. The van der Waals surface area contributed by atoms with Crippen molar-refractivity contribution >= 4 is 35.3 Å². The molecule has 7 nitrogen and oxygen atoms in total. The third kappa shape index (κ3) is 5.50. The van der Waals surface area contributed by atoms with Crippen LogP contribution in [-0.4, -0.2) is 56.7 Å². The lowest BCUT2D eigenvalue weighted by molar-refractivity contribution is 0.00578. The quantitative estimate of drug-likeness (QED) is 0.560. The number of rotatable bonds is 3. The van der Waals surface area contributed by atoms with E-state index in [1.54, 1.807) is 32.9 Å². The van der Waals surface area contributed by atoms with Gasteiger partial charge in [-0.2, -0.15) is 0 Å². The second-order valence-electron chi connectivity index (χ2n) is 11.4. The number of carbonyl (C=O) groups is 1. The van der Waals surface area contributed by atoms with E-state index in [0.29, 0.717) is 11.9 Å². The first-order valence-corrected chi connectivity index (χ1v) is 14.0. The van der Waals surface area contributed by atoms with Crippen LogP contribution in [0.2, 0.25) is 0 Å². The number of nitrogens with zero attached hydrogens (tertiary/aromatic N) is 1. The predicted molar refractivity (Wildman–Crippen MR) is 143 cm³/mol. The van der Waals surface area contributed by atoms with Crippen molar-refractivity contribution < 1.29 is 31.8 Å². The summed E-state index contributed by atoms with van der Waals surface area (Å²) in [5, 5.41) is 1.93. The fourth-order valence-electron chi connectivity index (χ4n) is 4.62. The molecule has 0 spiro atoms. The minimum Gasteiger partial charge on any atom is -0.444 e. The molecular formula is C26H39BF2N2O5S. The second kappa shape index (κ2) is 10.4. The highest BCUT2D eigenvalue weighted by Crippen LogP contribution is 2.47. The van der Waals surface area contributed by atoms with Crippen LogP contribution < -0.4 is 10.8 Å². The smallest absolute Gasteiger partial charge is 0.444 e. The standard InChI is InChI=1S/C24H33BF2N2O5S.C2H6/c1-21(2,3)32-20(30)29-19-24(13-26)11-10-17(35(24)31)18(28-19)15-12-14(8-9-16(15)27)25-33-22(4,5)23(6,7)34-25;1-2/h8-9,12,17-18H,10-11,13H2,1-7H3,(H,28,29,30);1-2H3/t17-,18?,24?,35?;/m0./s1. The topological polar surface area (TPSA) is 86.2 Å². The van der Waals surface area contributed by atoms with E-state index in [1.807, 2.05) is 41.5 Å². The Morgan fingerprint density at radius 1 is 1.22 bits per heavy atom. The lowest BCUT2D eigenvalue weighted by atomic mass is 9.77. The third-order valence-electron chi connectivity index (χ3n) is 7.24. The van der Waals surface area contributed by atoms with Gasteiger partial charge in [-0.05, 0) is 72.8 Å². The van der Waals surface area contributed by atoms with E-state index in [1.165, 1.54) is 6.07 Å². The highest BCUT2D eigenvalue weighted by Gasteiger charge is 2.58. The van der Waals surface area contributed by atoms with Crippen LogP contribution in [-0.2, 0) is 24.8 Å². The van der Waals surface area contributed by atoms with E-state index in [2.05, 4.69) is 10.3 Å². The number of nitrogens with one attached hydrogen (secondary N) is 1. The predicted octanol–water partition coefficient (Wildman–Crippen LogP) is 4.75. The first-order valence-electron chi connectivity index (χ1n) is 12.8. The SMILES string of the molecule is CC.CC(C)(C)OC(=O)NC1=NC(c2cc(B3OC(C)(C)C(C)(C)O3)ccc2F)[C@@H]2CCC1(CF)S2=O. The molecule has 1 aromatic rings. The van der Waals surface area contributed by atoms with Crippen molar-refractivity contribution in [3.05, 3.63) is 29.6 Å². The number of halogens is 2. The molecule has 1 amide bonds. The average Bonchev–Trinajstić information content (AvgIpc) is 3.16. The highest BCUT2D eigenvalue weighted by molar-refractivity contribution is 7.88. The zero-order valence-corrected chi connectivity index (χ0v) is 24.1. The van der Waals surface area contributed by atoms with Crippen molar-refractivity contribution in [1.82, 2.24) is 5.32 Å². The number of carbonyl (C=O) groups excluding carboxylic acids is 1. The maximum Gasteiger partial charge on any atom is 0.494 e. The molecule has 2 bridgehead atoms. The number of amidine groups is 1. The normalized spacial score (nSPS) is 29.8. The molecule has 1 N–H and O–H groups in total. The average molecular weight is 540 g/mol. The van der Waals surface area contributed by atoms with Crippen LogP contribution in [0.3, 0.4) is 0 Å². The van der Waals surface area contributed by atoms with Crippen LogP contribution in [0.5, 0.6) is 0 Å². The summed E-state index contributed by atoms with van der Waals surface area (Å²) in [6.45, 7) is 15.8. The van der Waals surface area contributed by atoms with Crippen molar-refractivity contribution in [3.63, 3.8) is 0 Å². The molecule has 3 unspecified atom stereocenters. The lowest BCUT2D eigenvalue weighted by Gasteiger charge is -2.34. The number of ether oxygens (including phenoxy) is 1. The summed E-state index contributed by atoms with van der Waals surface area (Å²) in [4.78, 5) is 17.1. The molecule has 4 atom stereocenters. The van der Waals surface area contributed by atoms with E-state index in [-0.39, 0.29) is 17.8 Å². The molecule has 1 aromatic carbocycles. The van der Waals surface area contributed by atoms with E-state index in [9.17, 15) is 13.4 Å². The van der Waals surface area contributed by atoms with Gasteiger partial charge in [0.25, 0.3) is 0 Å². The zero-order valence-electron chi connectivity index (χ0n) is 23.2. The van der Waals surface area contributed by atoms with Crippen LogP contribution in [0.15, 0.2) is 23.2 Å². The van der Waals surface area contributed by atoms with Crippen LogP contribution >= 0.6 is 0 Å². The van der Waals surface area contributed by atoms with E-state index in [0.717, 1.165) is 0 Å².